The number of carbonyl (C=O) groups is 1. The minimum Gasteiger partial charge on any atom is -0.772 e. The van der Waals surface area contributed by atoms with Crippen molar-refractivity contribution in [2.75, 3.05) is 21.3 Å². The van der Waals surface area contributed by atoms with Crippen molar-refractivity contribution in [2.45, 2.75) is 5.25 Å². The van der Waals surface area contributed by atoms with E-state index in [1.54, 1.807) is 42.5 Å². The van der Waals surface area contributed by atoms with E-state index < -0.39 is 22.3 Å². The molecule has 7 nitrogen and oxygen atoms in total. The van der Waals surface area contributed by atoms with E-state index in [2.05, 4.69) is 0 Å². The fourth-order valence-corrected chi connectivity index (χ4v) is 3.96. The molecule has 3 aromatic rings. The Hall–Kier alpha value is -3.10. The average molecular weight is 415 g/mol. The minimum absolute atomic E-state index is 0.0331. The zero-order valence-electron chi connectivity index (χ0n) is 16.0. The first-order valence-electron chi connectivity index (χ1n) is 8.55. The van der Waals surface area contributed by atoms with E-state index in [0.29, 0.717) is 22.4 Å². The predicted octanol–water partition coefficient (Wildman–Crippen LogP) is 3.72. The lowest BCUT2D eigenvalue weighted by Gasteiger charge is -2.25. The van der Waals surface area contributed by atoms with Crippen LogP contribution < -0.4 is 9.47 Å². The van der Waals surface area contributed by atoms with Crippen molar-refractivity contribution >= 4 is 17.0 Å². The molecule has 0 aliphatic heterocycles. The van der Waals surface area contributed by atoms with Gasteiger partial charge in [-0.1, -0.05) is 24.3 Å². The zero-order chi connectivity index (χ0) is 21.0. The number of benzene rings is 2. The van der Waals surface area contributed by atoms with Crippen molar-refractivity contribution in [1.82, 2.24) is 0 Å². The van der Waals surface area contributed by atoms with Gasteiger partial charge in [0.25, 0.3) is 0 Å². The highest BCUT2D eigenvalue weighted by atomic mass is 32.2. The average Bonchev–Trinajstić information content (AvgIpc) is 3.27. The maximum atomic E-state index is 12.7. The number of hydrogen-bond acceptors (Lipinski definition) is 7. The molecule has 0 fully saturated rings. The predicted molar refractivity (Wildman–Crippen MR) is 106 cm³/mol. The van der Waals surface area contributed by atoms with Crippen LogP contribution in [0.3, 0.4) is 0 Å². The lowest BCUT2D eigenvalue weighted by atomic mass is 9.94. The normalized spacial score (nSPS) is 12.8. The summed E-state index contributed by atoms with van der Waals surface area (Å²) in [5.74, 6) is -0.00538. The van der Waals surface area contributed by atoms with Gasteiger partial charge in [-0.3, -0.25) is 4.21 Å². The molecule has 0 N–H and O–H groups in total. The van der Waals surface area contributed by atoms with Crippen molar-refractivity contribution in [1.29, 1.82) is 0 Å². The summed E-state index contributed by atoms with van der Waals surface area (Å²) >= 11 is -2.59. The molecule has 8 heteroatoms. The molecular formula is C21H19O7S-. The Labute approximate surface area is 170 Å². The molecule has 29 heavy (non-hydrogen) atoms. The van der Waals surface area contributed by atoms with Gasteiger partial charge in [-0.2, -0.15) is 0 Å². The number of esters is 1. The van der Waals surface area contributed by atoms with Gasteiger partial charge in [0.2, 0.25) is 0 Å². The van der Waals surface area contributed by atoms with Gasteiger partial charge in [0.15, 0.2) is 0 Å². The van der Waals surface area contributed by atoms with Crippen LogP contribution in [0.5, 0.6) is 11.5 Å². The first kappa shape index (κ1) is 20.6. The molecule has 2 aromatic carbocycles. The van der Waals surface area contributed by atoms with Crippen LogP contribution >= 0.6 is 0 Å². The second-order valence-corrected chi connectivity index (χ2v) is 7.02. The molecule has 0 aliphatic rings. The third-order valence-corrected chi connectivity index (χ3v) is 5.40. The van der Waals surface area contributed by atoms with Gasteiger partial charge in [-0.15, -0.1) is 0 Å². The summed E-state index contributed by atoms with van der Waals surface area (Å²) in [6.07, 6.45) is 3.00. The van der Waals surface area contributed by atoms with Gasteiger partial charge < -0.3 is 23.2 Å². The number of rotatable bonds is 7. The van der Waals surface area contributed by atoms with Crippen molar-refractivity contribution < 1.29 is 32.2 Å². The molecule has 1 heterocycles. The van der Waals surface area contributed by atoms with E-state index in [0.717, 1.165) is 0 Å². The number of carbonyl (C=O) groups excluding carboxylic acids is 1. The smallest absolute Gasteiger partial charge is 0.342 e. The Morgan fingerprint density at radius 1 is 1.10 bits per heavy atom. The molecule has 0 aliphatic carbocycles. The molecule has 0 saturated heterocycles. The fourth-order valence-electron chi connectivity index (χ4n) is 3.19. The monoisotopic (exact) mass is 415 g/mol. The van der Waals surface area contributed by atoms with Crippen LogP contribution in [-0.2, 0) is 15.8 Å². The van der Waals surface area contributed by atoms with Crippen molar-refractivity contribution in [3.8, 4) is 22.6 Å². The minimum atomic E-state index is -2.59. The van der Waals surface area contributed by atoms with Crippen LogP contribution in [0.2, 0.25) is 0 Å². The molecule has 0 bridgehead atoms. The molecule has 2 unspecified atom stereocenters. The molecule has 152 valence electrons. The number of methoxy groups -OCH3 is 3. The van der Waals surface area contributed by atoms with Crippen molar-refractivity contribution in [3.05, 3.63) is 71.7 Å². The van der Waals surface area contributed by atoms with Gasteiger partial charge in [0.1, 0.15) is 17.1 Å². The van der Waals surface area contributed by atoms with Gasteiger partial charge in [0.05, 0.1) is 39.1 Å². The summed E-state index contributed by atoms with van der Waals surface area (Å²) in [5, 5.41) is -1.13. The van der Waals surface area contributed by atoms with Gasteiger partial charge in [-0.05, 0) is 40.4 Å². The number of hydrogen-bond donors (Lipinski definition) is 0. The Morgan fingerprint density at radius 2 is 1.90 bits per heavy atom. The van der Waals surface area contributed by atoms with E-state index in [4.69, 9.17) is 18.6 Å². The quantitative estimate of drug-likeness (QED) is 0.428. The SMILES string of the molecule is COC(=O)c1c(C(c2cccc(OC)c2)S(=O)[O-])ccc(-c2ccoc2)c1OC. The first-order valence-corrected chi connectivity index (χ1v) is 9.69. The molecule has 0 saturated carbocycles. The second kappa shape index (κ2) is 8.93. The summed E-state index contributed by atoms with van der Waals surface area (Å²) in [6, 6.07) is 11.6. The molecule has 0 radical (unpaired) electrons. The zero-order valence-corrected chi connectivity index (χ0v) is 16.9. The summed E-state index contributed by atoms with van der Waals surface area (Å²) in [5.41, 5.74) is 1.97. The van der Waals surface area contributed by atoms with Crippen LogP contribution in [0.25, 0.3) is 11.1 Å². The third-order valence-electron chi connectivity index (χ3n) is 4.49. The van der Waals surface area contributed by atoms with Crippen LogP contribution in [-0.4, -0.2) is 36.1 Å². The van der Waals surface area contributed by atoms with Crippen LogP contribution in [0, 0.1) is 0 Å². The molecular weight excluding hydrogens is 396 g/mol. The van der Waals surface area contributed by atoms with Gasteiger partial charge >= 0.3 is 5.97 Å². The summed E-state index contributed by atoms with van der Waals surface area (Å²) < 4.78 is 45.2. The molecule has 3 rings (SSSR count). The van der Waals surface area contributed by atoms with E-state index in [9.17, 15) is 13.6 Å². The van der Waals surface area contributed by atoms with E-state index in [1.807, 2.05) is 0 Å². The topological polar surface area (TPSA) is 98.0 Å². The first-order chi connectivity index (χ1) is 14.0. The summed E-state index contributed by atoms with van der Waals surface area (Å²) in [4.78, 5) is 12.7. The van der Waals surface area contributed by atoms with Crippen molar-refractivity contribution in [2.24, 2.45) is 0 Å². The van der Waals surface area contributed by atoms with Crippen LogP contribution in [0.4, 0.5) is 0 Å². The lowest BCUT2D eigenvalue weighted by molar-refractivity contribution is 0.0596. The highest BCUT2D eigenvalue weighted by Gasteiger charge is 2.28. The highest BCUT2D eigenvalue weighted by Crippen LogP contribution is 2.41. The summed E-state index contributed by atoms with van der Waals surface area (Å²) in [6.45, 7) is 0. The van der Waals surface area contributed by atoms with Gasteiger partial charge in [-0.25, -0.2) is 4.79 Å². The standard InChI is InChI=1S/C21H20O7S/c1-25-15-6-4-5-13(11-15)20(29(23)24)17-8-7-16(14-9-10-28-12-14)19(26-2)18(17)21(22)27-3/h4-12,20H,1-3H3,(H,23,24)/p-1. The maximum Gasteiger partial charge on any atom is 0.342 e. The van der Waals surface area contributed by atoms with E-state index in [1.165, 1.54) is 33.9 Å². The Kier molecular flexibility index (Phi) is 6.36. The Morgan fingerprint density at radius 3 is 2.48 bits per heavy atom. The molecule has 1 aromatic heterocycles. The molecule has 2 atom stereocenters. The van der Waals surface area contributed by atoms with Gasteiger partial charge in [0, 0.05) is 11.1 Å². The largest absolute Gasteiger partial charge is 0.772 e. The maximum absolute atomic E-state index is 12.7. The van der Waals surface area contributed by atoms with Crippen LogP contribution in [0.1, 0.15) is 26.7 Å². The molecule has 0 spiro atoms. The lowest BCUT2D eigenvalue weighted by Crippen LogP contribution is -2.16. The van der Waals surface area contributed by atoms with E-state index in [-0.39, 0.29) is 16.9 Å². The number of furan rings is 1. The number of ether oxygens (including phenoxy) is 3. The Balaban J connectivity index is 2.28. The molecule has 0 amide bonds. The van der Waals surface area contributed by atoms with E-state index >= 15 is 0 Å². The third kappa shape index (κ3) is 4.03. The second-order valence-electron chi connectivity index (χ2n) is 6.03. The van der Waals surface area contributed by atoms with Crippen LogP contribution in [0.15, 0.2) is 59.4 Å². The summed E-state index contributed by atoms with van der Waals surface area (Å²) in [7, 11) is 4.12. The fraction of sp³-hybridized carbons (Fsp3) is 0.190. The highest BCUT2D eigenvalue weighted by molar-refractivity contribution is 7.79. The van der Waals surface area contributed by atoms with Crippen molar-refractivity contribution in [3.63, 3.8) is 0 Å². The Bertz CT molecular complexity index is 1030.